The van der Waals surface area contributed by atoms with Crippen molar-refractivity contribution in [2.75, 3.05) is 13.7 Å². The van der Waals surface area contributed by atoms with Gasteiger partial charge < -0.3 is 18.9 Å². The van der Waals surface area contributed by atoms with E-state index in [1.54, 1.807) is 7.11 Å². The van der Waals surface area contributed by atoms with Gasteiger partial charge in [0.25, 0.3) is 0 Å². The van der Waals surface area contributed by atoms with Gasteiger partial charge in [0, 0.05) is 20.0 Å². The molecule has 2 rings (SSSR count). The van der Waals surface area contributed by atoms with Crippen LogP contribution in [0.4, 0.5) is 0 Å². The Morgan fingerprint density at radius 3 is 2.52 bits per heavy atom. The van der Waals surface area contributed by atoms with Crippen molar-refractivity contribution in [1.29, 1.82) is 0 Å². The Morgan fingerprint density at radius 2 is 1.91 bits per heavy atom. The Bertz CT molecular complexity index is 485. The average Bonchev–Trinajstić information content (AvgIpc) is 2.55. The molecule has 0 spiro atoms. The molecule has 1 aliphatic carbocycles. The molecule has 0 amide bonds. The number of benzene rings is 1. The van der Waals surface area contributed by atoms with Crippen LogP contribution in [0.2, 0.25) is 0 Å². The summed E-state index contributed by atoms with van der Waals surface area (Å²) in [6.07, 6.45) is 4.22. The summed E-state index contributed by atoms with van der Waals surface area (Å²) in [4.78, 5) is 11.3. The summed E-state index contributed by atoms with van der Waals surface area (Å²) in [6.45, 7) is 3.18. The minimum Gasteiger partial charge on any atom is -0.462 e. The number of hydrogen-bond donors (Lipinski definition) is 0. The maximum Gasteiger partial charge on any atom is 0.315 e. The monoisotopic (exact) mass is 322 g/mol. The maximum atomic E-state index is 11.3. The number of methoxy groups -OCH3 is 1. The summed E-state index contributed by atoms with van der Waals surface area (Å²) in [5.74, 6) is 0.738. The van der Waals surface area contributed by atoms with Crippen molar-refractivity contribution >= 4 is 5.97 Å². The molecule has 1 aromatic carbocycles. The molecule has 0 saturated heterocycles. The van der Waals surface area contributed by atoms with Gasteiger partial charge in [0.2, 0.25) is 0 Å². The molecule has 1 fully saturated rings. The quantitative estimate of drug-likeness (QED) is 0.567. The fourth-order valence-electron chi connectivity index (χ4n) is 3.02. The SMILES string of the molecule is CCOC(OC)Oc1ccc([C@H]2CCCC[C@@H]2OC(C)=O)cc1. The zero-order valence-corrected chi connectivity index (χ0v) is 14.1. The fourth-order valence-corrected chi connectivity index (χ4v) is 3.02. The van der Waals surface area contributed by atoms with Gasteiger partial charge in [0.15, 0.2) is 0 Å². The Kier molecular flexibility index (Phi) is 6.86. The van der Waals surface area contributed by atoms with Crippen molar-refractivity contribution in [3.8, 4) is 5.75 Å². The van der Waals surface area contributed by atoms with Crippen LogP contribution in [0.1, 0.15) is 51.0 Å². The van der Waals surface area contributed by atoms with Gasteiger partial charge >= 0.3 is 12.4 Å². The summed E-state index contributed by atoms with van der Waals surface area (Å²) >= 11 is 0. The van der Waals surface area contributed by atoms with E-state index < -0.39 is 6.48 Å². The summed E-state index contributed by atoms with van der Waals surface area (Å²) in [5.41, 5.74) is 1.17. The van der Waals surface area contributed by atoms with E-state index in [-0.39, 0.29) is 18.0 Å². The summed E-state index contributed by atoms with van der Waals surface area (Å²) in [5, 5.41) is 0. The highest BCUT2D eigenvalue weighted by Crippen LogP contribution is 2.35. The largest absolute Gasteiger partial charge is 0.462 e. The van der Waals surface area contributed by atoms with Crippen molar-refractivity contribution in [2.24, 2.45) is 0 Å². The summed E-state index contributed by atoms with van der Waals surface area (Å²) in [6, 6.07) is 7.86. The number of rotatable bonds is 7. The Labute approximate surface area is 137 Å². The molecule has 0 bridgehead atoms. The topological polar surface area (TPSA) is 54.0 Å². The zero-order chi connectivity index (χ0) is 16.7. The third kappa shape index (κ3) is 5.22. The van der Waals surface area contributed by atoms with E-state index >= 15 is 0 Å². The zero-order valence-electron chi connectivity index (χ0n) is 14.1. The molecule has 0 aromatic heterocycles. The average molecular weight is 322 g/mol. The van der Waals surface area contributed by atoms with Crippen molar-refractivity contribution in [1.82, 2.24) is 0 Å². The second-order valence-electron chi connectivity index (χ2n) is 5.71. The second kappa shape index (κ2) is 8.89. The molecular formula is C18H26O5. The normalized spacial score (nSPS) is 22.4. The van der Waals surface area contributed by atoms with E-state index in [9.17, 15) is 4.79 Å². The molecular weight excluding hydrogens is 296 g/mol. The standard InChI is InChI=1S/C18H26O5/c1-4-21-18(20-3)23-15-11-9-14(10-12-15)16-7-5-6-8-17(16)22-13(2)19/h9-12,16-18H,4-8H2,1-3H3/t16-,17+,18?/m1/s1. The van der Waals surface area contributed by atoms with Crippen LogP contribution >= 0.6 is 0 Å². The lowest BCUT2D eigenvalue weighted by atomic mass is 9.81. The molecule has 0 radical (unpaired) electrons. The van der Waals surface area contributed by atoms with Crippen molar-refractivity contribution in [3.05, 3.63) is 29.8 Å². The number of hydrogen-bond acceptors (Lipinski definition) is 5. The highest BCUT2D eigenvalue weighted by Gasteiger charge is 2.28. The van der Waals surface area contributed by atoms with Gasteiger partial charge in [-0.25, -0.2) is 0 Å². The van der Waals surface area contributed by atoms with Crippen LogP contribution in [0.3, 0.4) is 0 Å². The van der Waals surface area contributed by atoms with Crippen LogP contribution in [-0.2, 0) is 19.0 Å². The van der Waals surface area contributed by atoms with Gasteiger partial charge in [-0.1, -0.05) is 18.6 Å². The molecule has 0 aliphatic heterocycles. The molecule has 128 valence electrons. The molecule has 23 heavy (non-hydrogen) atoms. The van der Waals surface area contributed by atoms with Crippen molar-refractivity contribution in [2.45, 2.75) is 58.0 Å². The lowest BCUT2D eigenvalue weighted by Gasteiger charge is -2.31. The van der Waals surface area contributed by atoms with E-state index in [4.69, 9.17) is 18.9 Å². The van der Waals surface area contributed by atoms with Crippen molar-refractivity contribution < 1.29 is 23.7 Å². The van der Waals surface area contributed by atoms with Crippen LogP contribution in [0.15, 0.2) is 24.3 Å². The minimum absolute atomic E-state index is 0.0248. The predicted octanol–water partition coefficient (Wildman–Crippen LogP) is 3.62. The molecule has 5 nitrogen and oxygen atoms in total. The number of carbonyl (C=O) groups is 1. The number of esters is 1. The van der Waals surface area contributed by atoms with Crippen molar-refractivity contribution in [3.63, 3.8) is 0 Å². The molecule has 1 aliphatic rings. The van der Waals surface area contributed by atoms with Crippen LogP contribution in [-0.4, -0.2) is 32.3 Å². The van der Waals surface area contributed by atoms with E-state index in [1.165, 1.54) is 12.5 Å². The molecule has 1 unspecified atom stereocenters. The van der Waals surface area contributed by atoms with Gasteiger partial charge in [-0.2, -0.15) is 0 Å². The first-order valence-corrected chi connectivity index (χ1v) is 8.22. The summed E-state index contributed by atoms with van der Waals surface area (Å²) in [7, 11) is 1.54. The summed E-state index contributed by atoms with van der Waals surface area (Å²) < 4.78 is 21.5. The maximum absolute atomic E-state index is 11.3. The third-order valence-corrected chi connectivity index (χ3v) is 4.06. The molecule has 1 aromatic rings. The lowest BCUT2D eigenvalue weighted by molar-refractivity contribution is -0.231. The smallest absolute Gasteiger partial charge is 0.315 e. The van der Waals surface area contributed by atoms with E-state index in [0.717, 1.165) is 25.7 Å². The van der Waals surface area contributed by atoms with E-state index in [2.05, 4.69) is 0 Å². The molecule has 0 heterocycles. The lowest BCUT2D eigenvalue weighted by Crippen LogP contribution is -2.27. The first kappa shape index (κ1) is 17.8. The van der Waals surface area contributed by atoms with Gasteiger partial charge in [-0.05, 0) is 43.9 Å². The van der Waals surface area contributed by atoms with Crippen LogP contribution in [0.25, 0.3) is 0 Å². The van der Waals surface area contributed by atoms with Gasteiger partial charge in [0.05, 0.1) is 6.61 Å². The fraction of sp³-hybridized carbons (Fsp3) is 0.611. The van der Waals surface area contributed by atoms with E-state index in [0.29, 0.717) is 12.4 Å². The molecule has 5 heteroatoms. The van der Waals surface area contributed by atoms with Gasteiger partial charge in [0.1, 0.15) is 11.9 Å². The Balaban J connectivity index is 2.03. The van der Waals surface area contributed by atoms with Gasteiger partial charge in [-0.3, -0.25) is 4.79 Å². The van der Waals surface area contributed by atoms with Crippen LogP contribution < -0.4 is 4.74 Å². The molecule has 1 saturated carbocycles. The third-order valence-electron chi connectivity index (χ3n) is 4.06. The van der Waals surface area contributed by atoms with Crippen LogP contribution in [0, 0.1) is 0 Å². The highest BCUT2D eigenvalue weighted by atomic mass is 16.8. The number of ether oxygens (including phenoxy) is 4. The second-order valence-corrected chi connectivity index (χ2v) is 5.71. The highest BCUT2D eigenvalue weighted by molar-refractivity contribution is 5.66. The molecule has 3 atom stereocenters. The predicted molar refractivity (Wildman–Crippen MR) is 86.3 cm³/mol. The minimum atomic E-state index is -0.700. The number of carbonyl (C=O) groups excluding carboxylic acids is 1. The Hall–Kier alpha value is -1.59. The first-order chi connectivity index (χ1) is 11.1. The van der Waals surface area contributed by atoms with E-state index in [1.807, 2.05) is 31.2 Å². The first-order valence-electron chi connectivity index (χ1n) is 8.22. The van der Waals surface area contributed by atoms with Gasteiger partial charge in [-0.15, -0.1) is 0 Å². The Morgan fingerprint density at radius 1 is 1.22 bits per heavy atom. The van der Waals surface area contributed by atoms with Crippen LogP contribution in [0.5, 0.6) is 5.75 Å². The molecule has 0 N–H and O–H groups in total.